The summed E-state index contributed by atoms with van der Waals surface area (Å²) >= 11 is 0. The number of aromatic nitrogens is 2. The van der Waals surface area contributed by atoms with E-state index in [1.807, 2.05) is 4.90 Å². The van der Waals surface area contributed by atoms with Gasteiger partial charge in [-0.05, 0) is 49.7 Å². The lowest BCUT2D eigenvalue weighted by molar-refractivity contribution is -0.123. The molecule has 1 saturated heterocycles. The third kappa shape index (κ3) is 5.93. The second kappa shape index (κ2) is 11.0. The molecule has 1 unspecified atom stereocenters. The van der Waals surface area contributed by atoms with E-state index in [0.717, 1.165) is 19.4 Å². The molecule has 2 amide bonds. The topological polar surface area (TPSA) is 119 Å². The maximum absolute atomic E-state index is 13.5. The molecule has 0 radical (unpaired) electrons. The van der Waals surface area contributed by atoms with Crippen molar-refractivity contribution in [3.63, 3.8) is 0 Å². The summed E-state index contributed by atoms with van der Waals surface area (Å²) in [7, 11) is 2.98. The number of piperidine rings is 1. The van der Waals surface area contributed by atoms with Crippen LogP contribution in [0, 0.1) is 5.82 Å². The maximum atomic E-state index is 13.5. The maximum Gasteiger partial charge on any atom is 0.269 e. The summed E-state index contributed by atoms with van der Waals surface area (Å²) in [6, 6.07) is 10.7. The average Bonchev–Trinajstić information content (AvgIpc) is 3.37. The highest BCUT2D eigenvalue weighted by molar-refractivity contribution is 5.96. The summed E-state index contributed by atoms with van der Waals surface area (Å²) < 4.78 is 29.3. The normalized spacial score (nSPS) is 15.9. The number of nitrogens with one attached hydrogen (secondary N) is 2. The number of methoxy groups -OCH3 is 2. The van der Waals surface area contributed by atoms with E-state index in [4.69, 9.17) is 14.0 Å². The van der Waals surface area contributed by atoms with E-state index in [1.54, 1.807) is 24.3 Å². The Labute approximate surface area is 201 Å². The summed E-state index contributed by atoms with van der Waals surface area (Å²) in [6.45, 7) is 1.36. The van der Waals surface area contributed by atoms with Crippen LogP contribution in [0.5, 0.6) is 11.5 Å². The molecule has 184 valence electrons. The summed E-state index contributed by atoms with van der Waals surface area (Å²) in [4.78, 5) is 31.2. The Morgan fingerprint density at radius 3 is 2.74 bits per heavy atom. The summed E-state index contributed by atoms with van der Waals surface area (Å²) in [5.74, 6) is 0.430. The number of carbonyl (C=O) groups is 2. The van der Waals surface area contributed by atoms with Gasteiger partial charge >= 0.3 is 0 Å². The van der Waals surface area contributed by atoms with Gasteiger partial charge in [0.05, 0.1) is 26.7 Å². The fraction of sp³-hybridized carbons (Fsp3) is 0.333. The lowest BCUT2D eigenvalue weighted by Crippen LogP contribution is -2.48. The molecular formula is C24H26FN5O5. The third-order valence-corrected chi connectivity index (χ3v) is 5.71. The number of ether oxygens (including phenoxy) is 2. The van der Waals surface area contributed by atoms with Crippen LogP contribution in [-0.4, -0.2) is 60.7 Å². The minimum atomic E-state index is -0.480. The number of benzene rings is 2. The van der Waals surface area contributed by atoms with Crippen molar-refractivity contribution in [1.82, 2.24) is 25.9 Å². The molecule has 10 nitrogen and oxygen atoms in total. The molecule has 1 fully saturated rings. The fourth-order valence-corrected chi connectivity index (χ4v) is 3.97. The van der Waals surface area contributed by atoms with Gasteiger partial charge in [-0.2, -0.15) is 4.98 Å². The van der Waals surface area contributed by atoms with E-state index in [1.165, 1.54) is 32.4 Å². The summed E-state index contributed by atoms with van der Waals surface area (Å²) in [5.41, 5.74) is 5.70. The van der Waals surface area contributed by atoms with Gasteiger partial charge < -0.3 is 14.0 Å². The summed E-state index contributed by atoms with van der Waals surface area (Å²) in [5, 5.41) is 3.97. The van der Waals surface area contributed by atoms with Crippen LogP contribution in [0.3, 0.4) is 0 Å². The SMILES string of the molecule is COc1ccc(C(=O)NNC(=O)CN2CCCC(c3nc(-c4cccc(F)c4)no3)C2)cc1OC. The van der Waals surface area contributed by atoms with Gasteiger partial charge in [0.1, 0.15) is 5.82 Å². The number of amides is 2. The van der Waals surface area contributed by atoms with Crippen molar-refractivity contribution in [2.45, 2.75) is 18.8 Å². The smallest absolute Gasteiger partial charge is 0.269 e. The highest BCUT2D eigenvalue weighted by Crippen LogP contribution is 2.28. The Balaban J connectivity index is 1.30. The lowest BCUT2D eigenvalue weighted by Gasteiger charge is -2.30. The lowest BCUT2D eigenvalue weighted by atomic mass is 9.98. The number of hydrogen-bond acceptors (Lipinski definition) is 8. The Bertz CT molecular complexity index is 1200. The van der Waals surface area contributed by atoms with Gasteiger partial charge in [0, 0.05) is 17.7 Å². The van der Waals surface area contributed by atoms with Crippen LogP contribution in [0.4, 0.5) is 4.39 Å². The molecule has 0 aliphatic carbocycles. The first-order valence-corrected chi connectivity index (χ1v) is 11.1. The van der Waals surface area contributed by atoms with Gasteiger partial charge in [0.25, 0.3) is 11.8 Å². The van der Waals surface area contributed by atoms with Crippen molar-refractivity contribution in [2.75, 3.05) is 33.9 Å². The van der Waals surface area contributed by atoms with E-state index >= 15 is 0 Å². The largest absolute Gasteiger partial charge is 0.493 e. The number of halogens is 1. The monoisotopic (exact) mass is 483 g/mol. The van der Waals surface area contributed by atoms with Crippen molar-refractivity contribution in [2.24, 2.45) is 0 Å². The molecule has 4 rings (SSSR count). The molecular weight excluding hydrogens is 457 g/mol. The highest BCUT2D eigenvalue weighted by atomic mass is 19.1. The molecule has 2 aromatic carbocycles. The van der Waals surface area contributed by atoms with Gasteiger partial charge in [-0.25, -0.2) is 4.39 Å². The van der Waals surface area contributed by atoms with Crippen molar-refractivity contribution < 1.29 is 28.0 Å². The van der Waals surface area contributed by atoms with Crippen LogP contribution in [0.2, 0.25) is 0 Å². The van der Waals surface area contributed by atoms with Crippen LogP contribution in [-0.2, 0) is 4.79 Å². The van der Waals surface area contributed by atoms with E-state index in [2.05, 4.69) is 21.0 Å². The molecule has 1 aliphatic heterocycles. The molecule has 35 heavy (non-hydrogen) atoms. The molecule has 2 N–H and O–H groups in total. The Hall–Kier alpha value is -3.99. The quantitative estimate of drug-likeness (QED) is 0.492. The zero-order chi connectivity index (χ0) is 24.8. The Morgan fingerprint density at radius 2 is 1.97 bits per heavy atom. The van der Waals surface area contributed by atoms with Crippen LogP contribution >= 0.6 is 0 Å². The van der Waals surface area contributed by atoms with Crippen molar-refractivity contribution in [3.05, 3.63) is 59.7 Å². The molecule has 11 heteroatoms. The molecule has 0 saturated carbocycles. The molecule has 0 bridgehead atoms. The minimum absolute atomic E-state index is 0.0484. The zero-order valence-corrected chi connectivity index (χ0v) is 19.4. The second-order valence-electron chi connectivity index (χ2n) is 8.11. The predicted molar refractivity (Wildman–Crippen MR) is 123 cm³/mol. The third-order valence-electron chi connectivity index (χ3n) is 5.71. The zero-order valence-electron chi connectivity index (χ0n) is 19.4. The van der Waals surface area contributed by atoms with Crippen molar-refractivity contribution in [1.29, 1.82) is 0 Å². The number of rotatable bonds is 7. The van der Waals surface area contributed by atoms with Gasteiger partial charge in [-0.15, -0.1) is 0 Å². The number of hydrazine groups is 1. The van der Waals surface area contributed by atoms with E-state index in [0.29, 0.717) is 40.9 Å². The van der Waals surface area contributed by atoms with E-state index in [-0.39, 0.29) is 24.2 Å². The van der Waals surface area contributed by atoms with E-state index < -0.39 is 5.91 Å². The van der Waals surface area contributed by atoms with Crippen LogP contribution in [0.15, 0.2) is 47.0 Å². The Morgan fingerprint density at radius 1 is 1.14 bits per heavy atom. The van der Waals surface area contributed by atoms with Crippen LogP contribution in [0.1, 0.15) is 35.0 Å². The molecule has 0 spiro atoms. The predicted octanol–water partition coefficient (Wildman–Crippen LogP) is 2.53. The number of carbonyl (C=O) groups excluding carboxylic acids is 2. The van der Waals surface area contributed by atoms with Crippen LogP contribution < -0.4 is 20.3 Å². The van der Waals surface area contributed by atoms with Crippen LogP contribution in [0.25, 0.3) is 11.4 Å². The summed E-state index contributed by atoms with van der Waals surface area (Å²) in [6.07, 6.45) is 1.67. The first-order chi connectivity index (χ1) is 17.0. The highest BCUT2D eigenvalue weighted by Gasteiger charge is 2.27. The van der Waals surface area contributed by atoms with Crippen molar-refractivity contribution >= 4 is 11.8 Å². The molecule has 1 aromatic heterocycles. The second-order valence-corrected chi connectivity index (χ2v) is 8.11. The van der Waals surface area contributed by atoms with Gasteiger partial charge in [-0.3, -0.25) is 25.3 Å². The fourth-order valence-electron chi connectivity index (χ4n) is 3.97. The van der Waals surface area contributed by atoms with Gasteiger partial charge in [0.15, 0.2) is 11.5 Å². The molecule has 2 heterocycles. The Kier molecular flexibility index (Phi) is 7.56. The average molecular weight is 484 g/mol. The van der Waals surface area contributed by atoms with Crippen molar-refractivity contribution in [3.8, 4) is 22.9 Å². The standard InChI is InChI=1S/C24H26FN5O5/c1-33-19-9-8-16(12-20(19)34-2)23(32)28-27-21(31)14-30-10-4-6-17(13-30)24-26-22(29-35-24)15-5-3-7-18(25)11-15/h3,5,7-9,11-12,17H,4,6,10,13-14H2,1-2H3,(H,27,31)(H,28,32). The minimum Gasteiger partial charge on any atom is -0.493 e. The number of nitrogens with zero attached hydrogens (tertiary/aromatic N) is 3. The van der Waals surface area contributed by atoms with E-state index in [9.17, 15) is 14.0 Å². The first kappa shape index (κ1) is 24.1. The van der Waals surface area contributed by atoms with Gasteiger partial charge in [0.2, 0.25) is 11.7 Å². The number of hydrogen-bond donors (Lipinski definition) is 2. The number of likely N-dealkylation sites (tertiary alicyclic amines) is 1. The molecule has 1 aliphatic rings. The van der Waals surface area contributed by atoms with Gasteiger partial charge in [-0.1, -0.05) is 17.3 Å². The molecule has 3 aromatic rings. The first-order valence-electron chi connectivity index (χ1n) is 11.1. The molecule has 1 atom stereocenters.